The molecule has 0 aliphatic carbocycles. The Balaban J connectivity index is 2.46. The minimum atomic E-state index is -2.37. The molecule has 0 aromatic rings. The van der Waals surface area contributed by atoms with Crippen LogP contribution in [0.3, 0.4) is 0 Å². The van der Waals surface area contributed by atoms with E-state index in [2.05, 4.69) is 0 Å². The number of hydrogen-bond donors (Lipinski definition) is 1. The van der Waals surface area contributed by atoms with Gasteiger partial charge in [0.25, 0.3) is 6.43 Å². The minimum Gasteiger partial charge on any atom is -0.369 e. The summed E-state index contributed by atoms with van der Waals surface area (Å²) in [5, 5.41) is 0. The van der Waals surface area contributed by atoms with Gasteiger partial charge in [-0.25, -0.2) is 8.78 Å². The van der Waals surface area contributed by atoms with Gasteiger partial charge in [0.1, 0.15) is 0 Å². The predicted octanol–water partition coefficient (Wildman–Crippen LogP) is 0.201. The van der Waals surface area contributed by atoms with Crippen LogP contribution in [0.4, 0.5) is 8.78 Å². The van der Waals surface area contributed by atoms with E-state index in [0.717, 1.165) is 6.42 Å². The highest BCUT2D eigenvalue weighted by molar-refractivity contribution is 5.76. The summed E-state index contributed by atoms with van der Waals surface area (Å²) in [7, 11) is 0. The molecule has 1 atom stereocenters. The van der Waals surface area contributed by atoms with E-state index in [1.165, 1.54) is 4.90 Å². The van der Waals surface area contributed by atoms with E-state index in [0.29, 0.717) is 13.0 Å². The lowest BCUT2D eigenvalue weighted by Gasteiger charge is -2.21. The second-order valence-corrected chi connectivity index (χ2v) is 2.98. The molecule has 3 nitrogen and oxygen atoms in total. The zero-order chi connectivity index (χ0) is 9.14. The van der Waals surface area contributed by atoms with Crippen LogP contribution in [0.15, 0.2) is 0 Å². The van der Waals surface area contributed by atoms with Crippen LogP contribution in [0.1, 0.15) is 12.8 Å². The van der Waals surface area contributed by atoms with Gasteiger partial charge in [-0.15, -0.1) is 0 Å². The van der Waals surface area contributed by atoms with Gasteiger partial charge in [-0.2, -0.15) is 0 Å². The zero-order valence-electron chi connectivity index (χ0n) is 6.67. The Morgan fingerprint density at radius 2 is 2.33 bits per heavy atom. The van der Waals surface area contributed by atoms with Crippen molar-refractivity contribution in [1.29, 1.82) is 0 Å². The molecule has 1 amide bonds. The number of nitrogens with two attached hydrogens (primary N) is 1. The van der Waals surface area contributed by atoms with Gasteiger partial charge in [-0.3, -0.25) is 9.69 Å². The number of halogens is 2. The number of rotatable bonds is 3. The largest absolute Gasteiger partial charge is 0.369 e. The summed E-state index contributed by atoms with van der Waals surface area (Å²) in [6.45, 7) is 0.507. The summed E-state index contributed by atoms with van der Waals surface area (Å²) < 4.78 is 24.5. The van der Waals surface area contributed by atoms with E-state index >= 15 is 0 Å². The van der Waals surface area contributed by atoms with Gasteiger partial charge in [-0.05, 0) is 19.4 Å². The summed E-state index contributed by atoms with van der Waals surface area (Å²) in [6.07, 6.45) is -1.18. The number of likely N-dealkylation sites (tertiary alicyclic amines) is 1. The summed E-state index contributed by atoms with van der Waals surface area (Å²) in [5.41, 5.74) is 4.91. The van der Waals surface area contributed by atoms with Crippen LogP contribution in [-0.2, 0) is 4.79 Å². The van der Waals surface area contributed by atoms with Crippen LogP contribution in [0.5, 0.6) is 0 Å². The van der Waals surface area contributed by atoms with E-state index in [-0.39, 0.29) is 6.54 Å². The highest BCUT2D eigenvalue weighted by atomic mass is 19.3. The molecular formula is C7H12F2N2O. The van der Waals surface area contributed by atoms with E-state index in [9.17, 15) is 13.6 Å². The Labute approximate surface area is 69.5 Å². The number of primary amides is 1. The predicted molar refractivity (Wildman–Crippen MR) is 39.8 cm³/mol. The standard InChI is InChI=1S/C7H12F2N2O/c8-7(9)5-2-1-3-11(5)4-6(10)12/h5,7H,1-4H2,(H2,10,12)/t5-/m0/s1. The van der Waals surface area contributed by atoms with Gasteiger partial charge in [0.2, 0.25) is 5.91 Å². The Hall–Kier alpha value is -0.710. The number of alkyl halides is 2. The summed E-state index contributed by atoms with van der Waals surface area (Å²) in [6, 6.07) is -0.766. The average molecular weight is 178 g/mol. The molecule has 1 aliphatic heterocycles. The third kappa shape index (κ3) is 2.14. The maximum Gasteiger partial charge on any atom is 0.253 e. The van der Waals surface area contributed by atoms with Gasteiger partial charge in [0.15, 0.2) is 0 Å². The second kappa shape index (κ2) is 3.80. The molecule has 1 aliphatic rings. The molecule has 0 bridgehead atoms. The van der Waals surface area contributed by atoms with Crippen LogP contribution in [0.25, 0.3) is 0 Å². The van der Waals surface area contributed by atoms with Crippen molar-refractivity contribution >= 4 is 5.91 Å². The van der Waals surface area contributed by atoms with Crippen molar-refractivity contribution in [1.82, 2.24) is 4.90 Å². The molecule has 0 radical (unpaired) electrons. The SMILES string of the molecule is NC(=O)CN1CCC[C@H]1C(F)F. The van der Waals surface area contributed by atoms with E-state index < -0.39 is 18.4 Å². The van der Waals surface area contributed by atoms with E-state index in [1.807, 2.05) is 0 Å². The van der Waals surface area contributed by atoms with Gasteiger partial charge < -0.3 is 5.73 Å². The van der Waals surface area contributed by atoms with Crippen LogP contribution in [0, 0.1) is 0 Å². The van der Waals surface area contributed by atoms with Crippen LogP contribution in [0.2, 0.25) is 0 Å². The Bertz CT molecular complexity index is 175. The summed E-state index contributed by atoms with van der Waals surface area (Å²) in [4.78, 5) is 11.9. The van der Waals surface area contributed by atoms with E-state index in [4.69, 9.17) is 5.73 Å². The maximum absolute atomic E-state index is 12.2. The highest BCUT2D eigenvalue weighted by Crippen LogP contribution is 2.21. The fourth-order valence-electron chi connectivity index (χ4n) is 1.53. The molecule has 0 saturated carbocycles. The molecule has 0 aromatic heterocycles. The molecule has 1 rings (SSSR count). The van der Waals surface area contributed by atoms with Crippen molar-refractivity contribution in [2.75, 3.05) is 13.1 Å². The molecule has 5 heteroatoms. The molecule has 1 fully saturated rings. The van der Waals surface area contributed by atoms with Crippen molar-refractivity contribution in [3.8, 4) is 0 Å². The summed E-state index contributed by atoms with van der Waals surface area (Å²) in [5.74, 6) is -0.539. The first-order chi connectivity index (χ1) is 5.61. The molecule has 0 unspecified atom stereocenters. The van der Waals surface area contributed by atoms with Gasteiger partial charge in [0, 0.05) is 0 Å². The number of hydrogen-bond acceptors (Lipinski definition) is 2. The molecular weight excluding hydrogens is 166 g/mol. The lowest BCUT2D eigenvalue weighted by Crippen LogP contribution is -2.40. The number of amides is 1. The summed E-state index contributed by atoms with van der Waals surface area (Å²) >= 11 is 0. The van der Waals surface area contributed by atoms with Crippen molar-refractivity contribution < 1.29 is 13.6 Å². The Morgan fingerprint density at radius 3 is 2.83 bits per heavy atom. The first kappa shape index (κ1) is 9.38. The normalized spacial score (nSPS) is 25.1. The fourth-order valence-corrected chi connectivity index (χ4v) is 1.53. The highest BCUT2D eigenvalue weighted by Gasteiger charge is 2.32. The maximum atomic E-state index is 12.2. The smallest absolute Gasteiger partial charge is 0.253 e. The van der Waals surface area contributed by atoms with Crippen molar-refractivity contribution in [2.24, 2.45) is 5.73 Å². The first-order valence-corrected chi connectivity index (χ1v) is 3.92. The Morgan fingerprint density at radius 1 is 1.67 bits per heavy atom. The van der Waals surface area contributed by atoms with E-state index in [1.54, 1.807) is 0 Å². The molecule has 0 spiro atoms. The van der Waals surface area contributed by atoms with Crippen molar-refractivity contribution in [2.45, 2.75) is 25.3 Å². The molecule has 2 N–H and O–H groups in total. The van der Waals surface area contributed by atoms with Crippen LogP contribution < -0.4 is 5.73 Å². The third-order valence-electron chi connectivity index (χ3n) is 2.06. The molecule has 12 heavy (non-hydrogen) atoms. The number of nitrogens with zero attached hydrogens (tertiary/aromatic N) is 1. The van der Waals surface area contributed by atoms with Crippen LogP contribution >= 0.6 is 0 Å². The van der Waals surface area contributed by atoms with Crippen molar-refractivity contribution in [3.63, 3.8) is 0 Å². The molecule has 1 saturated heterocycles. The third-order valence-corrected chi connectivity index (χ3v) is 2.06. The second-order valence-electron chi connectivity index (χ2n) is 2.98. The number of carbonyl (C=O) groups excluding carboxylic acids is 1. The molecule has 70 valence electrons. The molecule has 1 heterocycles. The average Bonchev–Trinajstić information content (AvgIpc) is 2.33. The fraction of sp³-hybridized carbons (Fsp3) is 0.857. The first-order valence-electron chi connectivity index (χ1n) is 3.92. The topological polar surface area (TPSA) is 46.3 Å². The Kier molecular flexibility index (Phi) is 2.97. The van der Waals surface area contributed by atoms with Crippen LogP contribution in [-0.4, -0.2) is 36.4 Å². The molecule has 0 aromatic carbocycles. The quantitative estimate of drug-likeness (QED) is 0.671. The lowest BCUT2D eigenvalue weighted by molar-refractivity contribution is -0.119. The minimum absolute atomic E-state index is 0.0466. The van der Waals surface area contributed by atoms with Crippen molar-refractivity contribution in [3.05, 3.63) is 0 Å². The zero-order valence-corrected chi connectivity index (χ0v) is 6.67. The lowest BCUT2D eigenvalue weighted by atomic mass is 10.2. The monoisotopic (exact) mass is 178 g/mol. The number of carbonyl (C=O) groups is 1. The van der Waals surface area contributed by atoms with Gasteiger partial charge in [-0.1, -0.05) is 0 Å². The van der Waals surface area contributed by atoms with Gasteiger partial charge >= 0.3 is 0 Å². The van der Waals surface area contributed by atoms with Gasteiger partial charge in [0.05, 0.1) is 12.6 Å².